The Hall–Kier alpha value is -1.61. The van der Waals surface area contributed by atoms with E-state index in [1.54, 1.807) is 0 Å². The molecule has 0 saturated carbocycles. The summed E-state index contributed by atoms with van der Waals surface area (Å²) in [6.45, 7) is 1.96. The standard InChI is InChI=1S/C13H16N2O/c14-13(16)6-2-4-10-3-1-5-11-9-15-8-7-12(10)11/h1-5,15H,6-9H2,(H2,14,16). The third-order valence-corrected chi connectivity index (χ3v) is 2.79. The number of primary amides is 1. The number of benzene rings is 1. The Bertz CT molecular complexity index is 424. The molecule has 1 aliphatic heterocycles. The maximum Gasteiger partial charge on any atom is 0.221 e. The van der Waals surface area contributed by atoms with Crippen LogP contribution in [0.25, 0.3) is 6.08 Å². The van der Waals surface area contributed by atoms with E-state index in [1.807, 2.05) is 12.2 Å². The first-order valence-corrected chi connectivity index (χ1v) is 5.53. The molecule has 0 bridgehead atoms. The average Bonchev–Trinajstić information content (AvgIpc) is 2.29. The maximum absolute atomic E-state index is 10.6. The molecule has 2 rings (SSSR count). The van der Waals surface area contributed by atoms with Gasteiger partial charge in [0.15, 0.2) is 0 Å². The van der Waals surface area contributed by atoms with E-state index in [9.17, 15) is 4.79 Å². The molecule has 0 fully saturated rings. The molecule has 1 aliphatic rings. The highest BCUT2D eigenvalue weighted by Crippen LogP contribution is 2.19. The van der Waals surface area contributed by atoms with Crippen LogP contribution in [-0.4, -0.2) is 12.5 Å². The molecule has 0 spiro atoms. The Morgan fingerprint density at radius 1 is 1.50 bits per heavy atom. The van der Waals surface area contributed by atoms with Crippen LogP contribution in [0.2, 0.25) is 0 Å². The van der Waals surface area contributed by atoms with E-state index in [0.29, 0.717) is 6.42 Å². The summed E-state index contributed by atoms with van der Waals surface area (Å²) in [5.41, 5.74) is 9.05. The monoisotopic (exact) mass is 216 g/mol. The van der Waals surface area contributed by atoms with Crippen LogP contribution in [-0.2, 0) is 17.8 Å². The molecule has 0 unspecified atom stereocenters. The number of hydrogen-bond acceptors (Lipinski definition) is 2. The van der Waals surface area contributed by atoms with Crippen molar-refractivity contribution in [2.24, 2.45) is 5.73 Å². The second-order valence-electron chi connectivity index (χ2n) is 3.98. The quantitative estimate of drug-likeness (QED) is 0.798. The molecule has 0 radical (unpaired) electrons. The van der Waals surface area contributed by atoms with Gasteiger partial charge in [-0.2, -0.15) is 0 Å². The Morgan fingerprint density at radius 2 is 2.38 bits per heavy atom. The topological polar surface area (TPSA) is 55.1 Å². The molecular formula is C13H16N2O. The molecule has 3 N–H and O–H groups in total. The molecule has 1 aromatic carbocycles. The van der Waals surface area contributed by atoms with Gasteiger partial charge in [0.25, 0.3) is 0 Å². The van der Waals surface area contributed by atoms with Crippen LogP contribution >= 0.6 is 0 Å². The van der Waals surface area contributed by atoms with Gasteiger partial charge in [-0.3, -0.25) is 4.79 Å². The van der Waals surface area contributed by atoms with E-state index < -0.39 is 0 Å². The highest BCUT2D eigenvalue weighted by Gasteiger charge is 2.10. The number of fused-ring (bicyclic) bond motifs is 1. The van der Waals surface area contributed by atoms with Gasteiger partial charge in [0.1, 0.15) is 0 Å². The molecule has 0 aromatic heterocycles. The normalized spacial score (nSPS) is 15.0. The minimum Gasteiger partial charge on any atom is -0.369 e. The van der Waals surface area contributed by atoms with Crippen LogP contribution in [0.4, 0.5) is 0 Å². The van der Waals surface area contributed by atoms with E-state index >= 15 is 0 Å². The zero-order valence-corrected chi connectivity index (χ0v) is 9.20. The molecule has 1 heterocycles. The molecule has 3 heteroatoms. The van der Waals surface area contributed by atoms with Gasteiger partial charge in [-0.25, -0.2) is 0 Å². The van der Waals surface area contributed by atoms with E-state index in [2.05, 4.69) is 23.5 Å². The molecule has 0 aliphatic carbocycles. The van der Waals surface area contributed by atoms with E-state index in [4.69, 9.17) is 5.73 Å². The van der Waals surface area contributed by atoms with Crippen molar-refractivity contribution in [2.75, 3.05) is 6.54 Å². The van der Waals surface area contributed by atoms with Crippen molar-refractivity contribution >= 4 is 12.0 Å². The number of carbonyl (C=O) groups excluding carboxylic acids is 1. The Kier molecular flexibility index (Phi) is 3.37. The van der Waals surface area contributed by atoms with Gasteiger partial charge in [0.05, 0.1) is 0 Å². The van der Waals surface area contributed by atoms with Crippen LogP contribution in [0.5, 0.6) is 0 Å². The first-order chi connectivity index (χ1) is 7.77. The molecule has 3 nitrogen and oxygen atoms in total. The summed E-state index contributed by atoms with van der Waals surface area (Å²) in [7, 11) is 0. The van der Waals surface area contributed by atoms with Gasteiger partial charge in [-0.15, -0.1) is 0 Å². The highest BCUT2D eigenvalue weighted by atomic mass is 16.1. The molecule has 84 valence electrons. The smallest absolute Gasteiger partial charge is 0.221 e. The fourth-order valence-corrected chi connectivity index (χ4v) is 2.02. The van der Waals surface area contributed by atoms with Gasteiger partial charge in [0, 0.05) is 13.0 Å². The van der Waals surface area contributed by atoms with Gasteiger partial charge in [-0.1, -0.05) is 30.4 Å². The first-order valence-electron chi connectivity index (χ1n) is 5.53. The number of amides is 1. The number of nitrogens with two attached hydrogens (primary N) is 1. The number of carbonyl (C=O) groups is 1. The second kappa shape index (κ2) is 4.94. The summed E-state index contributed by atoms with van der Waals surface area (Å²) < 4.78 is 0. The summed E-state index contributed by atoms with van der Waals surface area (Å²) in [5.74, 6) is -0.289. The summed E-state index contributed by atoms with van der Waals surface area (Å²) in [5, 5.41) is 3.34. The van der Waals surface area contributed by atoms with Crippen molar-refractivity contribution in [1.82, 2.24) is 5.32 Å². The minimum absolute atomic E-state index is 0.289. The van der Waals surface area contributed by atoms with Crippen LogP contribution in [0, 0.1) is 0 Å². The zero-order chi connectivity index (χ0) is 11.4. The van der Waals surface area contributed by atoms with Gasteiger partial charge in [0.2, 0.25) is 5.91 Å². The van der Waals surface area contributed by atoms with Crippen molar-refractivity contribution in [3.63, 3.8) is 0 Å². The fourth-order valence-electron chi connectivity index (χ4n) is 2.02. The molecule has 0 atom stereocenters. The predicted octanol–water partition coefficient (Wildman–Crippen LogP) is 1.22. The van der Waals surface area contributed by atoms with Gasteiger partial charge in [-0.05, 0) is 29.7 Å². The average molecular weight is 216 g/mol. The van der Waals surface area contributed by atoms with E-state index in [0.717, 1.165) is 19.5 Å². The summed E-state index contributed by atoms with van der Waals surface area (Å²) in [6.07, 6.45) is 5.18. The number of rotatable bonds is 3. The lowest BCUT2D eigenvalue weighted by Gasteiger charge is -2.18. The highest BCUT2D eigenvalue weighted by molar-refractivity contribution is 5.76. The second-order valence-corrected chi connectivity index (χ2v) is 3.98. The van der Waals surface area contributed by atoms with Crippen molar-refractivity contribution in [3.8, 4) is 0 Å². The Morgan fingerprint density at radius 3 is 3.19 bits per heavy atom. The SMILES string of the molecule is NC(=O)CC=Cc1cccc2c1CCNC2. The Labute approximate surface area is 95.3 Å². The number of nitrogens with one attached hydrogen (secondary N) is 1. The summed E-state index contributed by atoms with van der Waals surface area (Å²) in [4.78, 5) is 10.6. The van der Waals surface area contributed by atoms with E-state index in [1.165, 1.54) is 16.7 Å². The van der Waals surface area contributed by atoms with Crippen LogP contribution in [0.3, 0.4) is 0 Å². The lowest BCUT2D eigenvalue weighted by atomic mass is 9.95. The lowest BCUT2D eigenvalue weighted by Crippen LogP contribution is -2.24. The Balaban J connectivity index is 2.20. The van der Waals surface area contributed by atoms with E-state index in [-0.39, 0.29) is 5.91 Å². The third kappa shape index (κ3) is 2.49. The number of hydrogen-bond donors (Lipinski definition) is 2. The van der Waals surface area contributed by atoms with Crippen molar-refractivity contribution in [1.29, 1.82) is 0 Å². The van der Waals surface area contributed by atoms with Crippen molar-refractivity contribution < 1.29 is 4.79 Å². The molecule has 0 saturated heterocycles. The molecule has 16 heavy (non-hydrogen) atoms. The van der Waals surface area contributed by atoms with Gasteiger partial charge < -0.3 is 11.1 Å². The summed E-state index contributed by atoms with van der Waals surface area (Å²) in [6, 6.07) is 6.28. The zero-order valence-electron chi connectivity index (χ0n) is 9.20. The van der Waals surface area contributed by atoms with Crippen LogP contribution in [0.1, 0.15) is 23.1 Å². The minimum atomic E-state index is -0.289. The third-order valence-electron chi connectivity index (χ3n) is 2.79. The molecule has 1 aromatic rings. The van der Waals surface area contributed by atoms with Crippen LogP contribution in [0.15, 0.2) is 24.3 Å². The predicted molar refractivity (Wildman–Crippen MR) is 64.7 cm³/mol. The molecule has 1 amide bonds. The van der Waals surface area contributed by atoms with Crippen LogP contribution < -0.4 is 11.1 Å². The van der Waals surface area contributed by atoms with Crippen molar-refractivity contribution in [2.45, 2.75) is 19.4 Å². The van der Waals surface area contributed by atoms with Crippen molar-refractivity contribution in [3.05, 3.63) is 41.0 Å². The molecular weight excluding hydrogens is 200 g/mol. The summed E-state index contributed by atoms with van der Waals surface area (Å²) >= 11 is 0. The maximum atomic E-state index is 10.6. The first kappa shape index (κ1) is 10.9. The lowest BCUT2D eigenvalue weighted by molar-refractivity contribution is -0.117. The largest absolute Gasteiger partial charge is 0.369 e. The fraction of sp³-hybridized carbons (Fsp3) is 0.308. The van der Waals surface area contributed by atoms with Gasteiger partial charge >= 0.3 is 0 Å².